The second-order valence-electron chi connectivity index (χ2n) is 4.76. The van der Waals surface area contributed by atoms with Crippen LogP contribution in [0.15, 0.2) is 18.2 Å². The van der Waals surface area contributed by atoms with Gasteiger partial charge in [-0.3, -0.25) is 4.79 Å². The van der Waals surface area contributed by atoms with Gasteiger partial charge in [0.15, 0.2) is 0 Å². The number of carbonyl (C=O) groups excluding carboxylic acids is 1. The molecule has 0 aromatic heterocycles. The molecule has 1 aromatic rings. The molecule has 1 aromatic carbocycles. The number of rotatable bonds is 1. The molecular weight excluding hydrogens is 275 g/mol. The number of hydrogen-bond donors (Lipinski definition) is 0. The SMILES string of the molecule is O=CN1CCO[C@@H]2COc3cc(C(F)(F)F)ccc3[C@@H]21. The number of hydrogen-bond acceptors (Lipinski definition) is 3. The third-order valence-electron chi connectivity index (χ3n) is 3.59. The third kappa shape index (κ3) is 2.11. The normalized spacial score (nSPS) is 25.4. The summed E-state index contributed by atoms with van der Waals surface area (Å²) in [7, 11) is 0. The molecule has 1 amide bonds. The first-order chi connectivity index (χ1) is 9.50. The number of halogens is 3. The van der Waals surface area contributed by atoms with Gasteiger partial charge in [0, 0.05) is 12.1 Å². The van der Waals surface area contributed by atoms with Crippen molar-refractivity contribution < 1.29 is 27.4 Å². The molecule has 2 aliphatic heterocycles. The van der Waals surface area contributed by atoms with E-state index in [1.165, 1.54) is 6.07 Å². The zero-order valence-electron chi connectivity index (χ0n) is 10.4. The van der Waals surface area contributed by atoms with E-state index < -0.39 is 11.7 Å². The minimum atomic E-state index is -4.41. The van der Waals surface area contributed by atoms with E-state index in [1.54, 1.807) is 4.90 Å². The topological polar surface area (TPSA) is 38.8 Å². The number of amides is 1. The average Bonchev–Trinajstić information content (AvgIpc) is 2.44. The van der Waals surface area contributed by atoms with E-state index in [-0.39, 0.29) is 24.5 Å². The summed E-state index contributed by atoms with van der Waals surface area (Å²) in [6.45, 7) is 0.966. The van der Waals surface area contributed by atoms with Crippen LogP contribution in [-0.4, -0.2) is 37.2 Å². The molecule has 108 valence electrons. The average molecular weight is 287 g/mol. The molecule has 1 fully saturated rings. The molecule has 3 rings (SSSR count). The predicted molar refractivity (Wildman–Crippen MR) is 62.2 cm³/mol. The Labute approximate surface area is 113 Å². The second-order valence-corrected chi connectivity index (χ2v) is 4.76. The summed E-state index contributed by atoms with van der Waals surface area (Å²) in [5.41, 5.74) is -0.204. The molecule has 0 saturated carbocycles. The first-order valence-corrected chi connectivity index (χ1v) is 6.17. The van der Waals surface area contributed by atoms with E-state index in [2.05, 4.69) is 0 Å². The molecule has 0 spiro atoms. The van der Waals surface area contributed by atoms with Gasteiger partial charge in [-0.25, -0.2) is 0 Å². The van der Waals surface area contributed by atoms with Gasteiger partial charge in [-0.1, -0.05) is 6.07 Å². The number of carbonyl (C=O) groups is 1. The molecule has 2 atom stereocenters. The summed E-state index contributed by atoms with van der Waals surface area (Å²) in [4.78, 5) is 12.6. The highest BCUT2D eigenvalue weighted by Crippen LogP contribution is 2.41. The van der Waals surface area contributed by atoms with E-state index in [9.17, 15) is 18.0 Å². The van der Waals surface area contributed by atoms with Crippen LogP contribution >= 0.6 is 0 Å². The summed E-state index contributed by atoms with van der Waals surface area (Å²) in [5.74, 6) is 0.165. The third-order valence-corrected chi connectivity index (χ3v) is 3.59. The van der Waals surface area contributed by atoms with Crippen molar-refractivity contribution in [2.75, 3.05) is 19.8 Å². The van der Waals surface area contributed by atoms with Gasteiger partial charge in [0.2, 0.25) is 6.41 Å². The van der Waals surface area contributed by atoms with Gasteiger partial charge in [0.25, 0.3) is 0 Å². The first-order valence-electron chi connectivity index (χ1n) is 6.17. The molecule has 1 saturated heterocycles. The number of nitrogens with zero attached hydrogens (tertiary/aromatic N) is 1. The van der Waals surface area contributed by atoms with Gasteiger partial charge in [-0.05, 0) is 12.1 Å². The van der Waals surface area contributed by atoms with Crippen LogP contribution in [0.3, 0.4) is 0 Å². The minimum Gasteiger partial charge on any atom is -0.490 e. The lowest BCUT2D eigenvalue weighted by molar-refractivity contribution is -0.140. The van der Waals surface area contributed by atoms with Gasteiger partial charge in [-0.15, -0.1) is 0 Å². The summed E-state index contributed by atoms with van der Waals surface area (Å²) < 4.78 is 48.9. The number of ether oxygens (including phenoxy) is 2. The van der Waals surface area contributed by atoms with Crippen molar-refractivity contribution >= 4 is 6.41 Å². The van der Waals surface area contributed by atoms with Crippen molar-refractivity contribution in [1.29, 1.82) is 0 Å². The van der Waals surface area contributed by atoms with E-state index >= 15 is 0 Å². The summed E-state index contributed by atoms with van der Waals surface area (Å²) in [6.07, 6.45) is -4.05. The Bertz CT molecular complexity index is 532. The fraction of sp³-hybridized carbons (Fsp3) is 0.462. The van der Waals surface area contributed by atoms with E-state index in [4.69, 9.17) is 9.47 Å². The summed E-state index contributed by atoms with van der Waals surface area (Å²) >= 11 is 0. The van der Waals surface area contributed by atoms with Gasteiger partial charge in [0.1, 0.15) is 18.5 Å². The molecule has 0 aliphatic carbocycles. The monoisotopic (exact) mass is 287 g/mol. The quantitative estimate of drug-likeness (QED) is 0.742. The van der Waals surface area contributed by atoms with Crippen LogP contribution in [0, 0.1) is 0 Å². The Kier molecular flexibility index (Phi) is 3.08. The highest BCUT2D eigenvalue weighted by Gasteiger charge is 2.40. The van der Waals surface area contributed by atoms with Gasteiger partial charge in [0.05, 0.1) is 18.2 Å². The van der Waals surface area contributed by atoms with Gasteiger partial charge in [-0.2, -0.15) is 13.2 Å². The molecular formula is C13H12F3NO3. The lowest BCUT2D eigenvalue weighted by atomic mass is 9.94. The maximum Gasteiger partial charge on any atom is 0.416 e. The van der Waals surface area contributed by atoms with Crippen molar-refractivity contribution in [2.24, 2.45) is 0 Å². The van der Waals surface area contributed by atoms with E-state index in [0.717, 1.165) is 12.1 Å². The predicted octanol–water partition coefficient (Wildman–Crippen LogP) is 2.00. The van der Waals surface area contributed by atoms with Crippen molar-refractivity contribution in [2.45, 2.75) is 18.3 Å². The van der Waals surface area contributed by atoms with Crippen LogP contribution in [-0.2, 0) is 15.7 Å². The fourth-order valence-electron chi connectivity index (χ4n) is 2.64. The van der Waals surface area contributed by atoms with Crippen molar-refractivity contribution in [3.8, 4) is 5.75 Å². The highest BCUT2D eigenvalue weighted by molar-refractivity contribution is 5.52. The van der Waals surface area contributed by atoms with Gasteiger partial charge >= 0.3 is 6.18 Å². The Morgan fingerprint density at radius 1 is 1.35 bits per heavy atom. The maximum absolute atomic E-state index is 12.7. The molecule has 0 N–H and O–H groups in total. The maximum atomic E-state index is 12.7. The van der Waals surface area contributed by atoms with Gasteiger partial charge < -0.3 is 14.4 Å². The van der Waals surface area contributed by atoms with Crippen molar-refractivity contribution in [3.05, 3.63) is 29.3 Å². The highest BCUT2D eigenvalue weighted by atomic mass is 19.4. The van der Waals surface area contributed by atoms with Crippen LogP contribution < -0.4 is 4.74 Å². The zero-order chi connectivity index (χ0) is 14.3. The Balaban J connectivity index is 2.01. The largest absolute Gasteiger partial charge is 0.490 e. The molecule has 20 heavy (non-hydrogen) atoms. The fourth-order valence-corrected chi connectivity index (χ4v) is 2.64. The minimum absolute atomic E-state index is 0.142. The van der Waals surface area contributed by atoms with E-state index in [1.807, 2.05) is 0 Å². The molecule has 0 unspecified atom stereocenters. The first kappa shape index (κ1) is 13.2. The van der Waals surface area contributed by atoms with Crippen molar-refractivity contribution in [1.82, 2.24) is 4.90 Å². The number of alkyl halides is 3. The van der Waals surface area contributed by atoms with Crippen LogP contribution in [0.1, 0.15) is 17.2 Å². The molecule has 7 heteroatoms. The van der Waals surface area contributed by atoms with Crippen LogP contribution in [0.25, 0.3) is 0 Å². The molecule has 2 heterocycles. The summed E-state index contributed by atoms with van der Waals surface area (Å²) in [6, 6.07) is 2.96. The smallest absolute Gasteiger partial charge is 0.416 e. The number of fused-ring (bicyclic) bond motifs is 3. The van der Waals surface area contributed by atoms with Crippen LogP contribution in [0.2, 0.25) is 0 Å². The Hall–Kier alpha value is -1.76. The van der Waals surface area contributed by atoms with Crippen LogP contribution in [0.5, 0.6) is 5.75 Å². The van der Waals surface area contributed by atoms with Crippen molar-refractivity contribution in [3.63, 3.8) is 0 Å². The number of benzene rings is 1. The molecule has 2 aliphatic rings. The lowest BCUT2D eigenvalue weighted by Crippen LogP contribution is -2.49. The number of morpholine rings is 1. The standard InChI is InChI=1S/C13H12F3NO3/c14-13(15,16)8-1-2-9-10(5-8)20-6-11-12(9)17(7-18)3-4-19-11/h1-2,5,7,11-12H,3-4,6H2/t11-,12+/m1/s1. The molecule has 0 radical (unpaired) electrons. The Morgan fingerprint density at radius 3 is 2.85 bits per heavy atom. The molecule has 0 bridgehead atoms. The lowest BCUT2D eigenvalue weighted by Gasteiger charge is -2.42. The molecule has 4 nitrogen and oxygen atoms in total. The van der Waals surface area contributed by atoms with E-state index in [0.29, 0.717) is 25.1 Å². The van der Waals surface area contributed by atoms with Crippen LogP contribution in [0.4, 0.5) is 13.2 Å². The Morgan fingerprint density at radius 2 is 2.15 bits per heavy atom. The summed E-state index contributed by atoms with van der Waals surface area (Å²) in [5, 5.41) is 0. The second kappa shape index (κ2) is 4.66. The zero-order valence-corrected chi connectivity index (χ0v) is 10.4.